The summed E-state index contributed by atoms with van der Waals surface area (Å²) < 4.78 is 5.24. The van der Waals surface area contributed by atoms with E-state index in [1.165, 1.54) is 0 Å². The van der Waals surface area contributed by atoms with Crippen LogP contribution >= 0.6 is 0 Å². The van der Waals surface area contributed by atoms with Crippen LogP contribution in [0.3, 0.4) is 0 Å². The third kappa shape index (κ3) is 8.94. The molecule has 1 amide bonds. The summed E-state index contributed by atoms with van der Waals surface area (Å²) in [5.41, 5.74) is -0.830. The lowest BCUT2D eigenvalue weighted by molar-refractivity contribution is 0.0509. The van der Waals surface area contributed by atoms with Crippen molar-refractivity contribution in [1.82, 2.24) is 10.6 Å². The van der Waals surface area contributed by atoms with Crippen molar-refractivity contribution in [3.8, 4) is 0 Å². The molecule has 0 aromatic carbocycles. The lowest BCUT2D eigenvalue weighted by Crippen LogP contribution is -2.51. The van der Waals surface area contributed by atoms with Crippen LogP contribution in [0.4, 0.5) is 4.79 Å². The van der Waals surface area contributed by atoms with Gasteiger partial charge in [-0.15, -0.1) is 0 Å². The summed E-state index contributed by atoms with van der Waals surface area (Å²) in [7, 11) is 0. The Morgan fingerprint density at radius 3 is 2.00 bits per heavy atom. The van der Waals surface area contributed by atoms with Crippen molar-refractivity contribution in [3.05, 3.63) is 0 Å². The van der Waals surface area contributed by atoms with Crippen LogP contribution in [-0.4, -0.2) is 41.5 Å². The predicted molar refractivity (Wildman–Crippen MR) is 86.3 cm³/mol. The number of alkyl carbamates (subject to hydrolysis) is 1. The fraction of sp³-hybridized carbons (Fsp3) is 0.938. The van der Waals surface area contributed by atoms with Crippen LogP contribution in [0.1, 0.15) is 55.4 Å². The van der Waals surface area contributed by atoms with Crippen LogP contribution in [0.25, 0.3) is 0 Å². The number of amides is 1. The lowest BCUT2D eigenvalue weighted by Gasteiger charge is -2.33. The first-order valence-corrected chi connectivity index (χ1v) is 7.75. The molecule has 0 bridgehead atoms. The molecule has 5 nitrogen and oxygen atoms in total. The zero-order valence-electron chi connectivity index (χ0n) is 14.9. The normalized spacial score (nSPS) is 15.7. The zero-order valence-corrected chi connectivity index (χ0v) is 14.9. The van der Waals surface area contributed by atoms with Gasteiger partial charge in [0.05, 0.1) is 6.10 Å². The number of aliphatic hydroxyl groups excluding tert-OH is 1. The summed E-state index contributed by atoms with van der Waals surface area (Å²) in [5, 5.41) is 15.9. The third-order valence-electron chi connectivity index (χ3n) is 3.71. The Labute approximate surface area is 129 Å². The molecule has 0 aromatic heterocycles. The first-order valence-electron chi connectivity index (χ1n) is 7.75. The molecule has 0 spiro atoms. The molecule has 0 aliphatic heterocycles. The standard InChI is InChI=1S/C16H34N2O3/c1-11(2)13(10-18-16(7,8)12(3)19)9-17-14(20)21-15(4,5)6/h11-13,18-19H,9-10H2,1-8H3,(H,17,20). The van der Waals surface area contributed by atoms with Crippen LogP contribution in [0.15, 0.2) is 0 Å². The van der Waals surface area contributed by atoms with E-state index in [1.807, 2.05) is 34.6 Å². The highest BCUT2D eigenvalue weighted by Gasteiger charge is 2.26. The molecule has 0 rings (SSSR count). The van der Waals surface area contributed by atoms with Crippen molar-refractivity contribution in [1.29, 1.82) is 0 Å². The fourth-order valence-electron chi connectivity index (χ4n) is 1.61. The maximum atomic E-state index is 11.7. The smallest absolute Gasteiger partial charge is 0.407 e. The van der Waals surface area contributed by atoms with Gasteiger partial charge in [-0.3, -0.25) is 0 Å². The van der Waals surface area contributed by atoms with Crippen molar-refractivity contribution in [2.45, 2.75) is 72.6 Å². The maximum absolute atomic E-state index is 11.7. The van der Waals surface area contributed by atoms with Crippen LogP contribution in [0.5, 0.6) is 0 Å². The molecule has 2 atom stereocenters. The minimum Gasteiger partial charge on any atom is -0.444 e. The first-order chi connectivity index (χ1) is 9.35. The Balaban J connectivity index is 4.36. The average Bonchev–Trinajstić information content (AvgIpc) is 2.25. The number of ether oxygens (including phenoxy) is 1. The molecule has 2 unspecified atom stereocenters. The second kappa shape index (κ2) is 7.99. The predicted octanol–water partition coefficient (Wildman–Crippen LogP) is 2.53. The number of aliphatic hydroxyl groups is 1. The van der Waals surface area contributed by atoms with Crippen molar-refractivity contribution < 1.29 is 14.6 Å². The molecule has 3 N–H and O–H groups in total. The van der Waals surface area contributed by atoms with Crippen LogP contribution in [0, 0.1) is 11.8 Å². The average molecular weight is 302 g/mol. The van der Waals surface area contributed by atoms with Crippen molar-refractivity contribution >= 4 is 6.09 Å². The minimum absolute atomic E-state index is 0.274. The van der Waals surface area contributed by atoms with Crippen molar-refractivity contribution in [3.63, 3.8) is 0 Å². The van der Waals surface area contributed by atoms with Crippen LogP contribution in [-0.2, 0) is 4.74 Å². The van der Waals surface area contributed by atoms with Crippen molar-refractivity contribution in [2.24, 2.45) is 11.8 Å². The molecular weight excluding hydrogens is 268 g/mol. The molecule has 0 fully saturated rings. The molecule has 0 aliphatic carbocycles. The Morgan fingerprint density at radius 1 is 1.10 bits per heavy atom. The summed E-state index contributed by atoms with van der Waals surface area (Å²) in [4.78, 5) is 11.7. The number of nitrogens with one attached hydrogen (secondary N) is 2. The molecule has 0 saturated heterocycles. The SMILES string of the molecule is CC(C)C(CNC(=O)OC(C)(C)C)CNC(C)(C)C(C)O. The van der Waals surface area contributed by atoms with Gasteiger partial charge in [-0.25, -0.2) is 4.79 Å². The zero-order chi connectivity index (χ0) is 16.8. The van der Waals surface area contributed by atoms with Gasteiger partial charge in [-0.1, -0.05) is 13.8 Å². The Morgan fingerprint density at radius 2 is 1.62 bits per heavy atom. The molecule has 21 heavy (non-hydrogen) atoms. The molecule has 0 aliphatic rings. The Kier molecular flexibility index (Phi) is 7.68. The van der Waals surface area contributed by atoms with E-state index >= 15 is 0 Å². The quantitative estimate of drug-likeness (QED) is 0.676. The fourth-order valence-corrected chi connectivity index (χ4v) is 1.61. The molecule has 0 radical (unpaired) electrons. The molecular formula is C16H34N2O3. The van der Waals surface area contributed by atoms with E-state index < -0.39 is 11.7 Å². The number of hydrogen-bond acceptors (Lipinski definition) is 4. The molecule has 0 saturated carbocycles. The molecule has 0 heterocycles. The summed E-state index contributed by atoms with van der Waals surface area (Å²) in [5.74, 6) is 0.688. The Bertz CT molecular complexity index is 320. The van der Waals surface area contributed by atoms with Gasteiger partial charge >= 0.3 is 6.09 Å². The largest absolute Gasteiger partial charge is 0.444 e. The van der Waals surface area contributed by atoms with Gasteiger partial charge in [0, 0.05) is 18.6 Å². The molecule has 126 valence electrons. The molecule has 5 heteroatoms. The van der Waals surface area contributed by atoms with Gasteiger partial charge in [-0.2, -0.15) is 0 Å². The number of carbonyl (C=O) groups excluding carboxylic acids is 1. The summed E-state index contributed by atoms with van der Waals surface area (Å²) in [6, 6.07) is 0. The van der Waals surface area contributed by atoms with E-state index in [-0.39, 0.29) is 17.6 Å². The maximum Gasteiger partial charge on any atom is 0.407 e. The van der Waals surface area contributed by atoms with E-state index in [2.05, 4.69) is 24.5 Å². The monoisotopic (exact) mass is 302 g/mol. The Hall–Kier alpha value is -0.810. The van der Waals surface area contributed by atoms with E-state index in [0.717, 1.165) is 6.54 Å². The van der Waals surface area contributed by atoms with E-state index in [4.69, 9.17) is 4.74 Å². The van der Waals surface area contributed by atoms with Crippen LogP contribution in [0.2, 0.25) is 0 Å². The van der Waals surface area contributed by atoms with Gasteiger partial charge in [-0.05, 0) is 53.4 Å². The van der Waals surface area contributed by atoms with E-state index in [9.17, 15) is 9.90 Å². The van der Waals surface area contributed by atoms with Gasteiger partial charge in [0.1, 0.15) is 5.60 Å². The highest BCUT2D eigenvalue weighted by atomic mass is 16.6. The first kappa shape index (κ1) is 20.2. The van der Waals surface area contributed by atoms with Crippen molar-refractivity contribution in [2.75, 3.05) is 13.1 Å². The lowest BCUT2D eigenvalue weighted by atomic mass is 9.92. The van der Waals surface area contributed by atoms with Gasteiger partial charge in [0.25, 0.3) is 0 Å². The highest BCUT2D eigenvalue weighted by molar-refractivity contribution is 5.67. The second-order valence-corrected chi connectivity index (χ2v) is 7.67. The summed E-state index contributed by atoms with van der Waals surface area (Å²) in [6.07, 6.45) is -0.827. The topological polar surface area (TPSA) is 70.6 Å². The van der Waals surface area contributed by atoms with E-state index in [1.54, 1.807) is 6.92 Å². The molecule has 0 aromatic rings. The number of carbonyl (C=O) groups is 1. The van der Waals surface area contributed by atoms with E-state index in [0.29, 0.717) is 12.5 Å². The second-order valence-electron chi connectivity index (χ2n) is 7.67. The summed E-state index contributed by atoms with van der Waals surface area (Å²) in [6.45, 7) is 16.8. The highest BCUT2D eigenvalue weighted by Crippen LogP contribution is 2.14. The van der Waals surface area contributed by atoms with Gasteiger partial charge in [0.2, 0.25) is 0 Å². The van der Waals surface area contributed by atoms with Gasteiger partial charge in [0.15, 0.2) is 0 Å². The van der Waals surface area contributed by atoms with Gasteiger partial charge < -0.3 is 20.5 Å². The summed E-state index contributed by atoms with van der Waals surface area (Å²) >= 11 is 0. The number of rotatable bonds is 7. The third-order valence-corrected chi connectivity index (χ3v) is 3.71. The van der Waals surface area contributed by atoms with Crippen LogP contribution < -0.4 is 10.6 Å². The minimum atomic E-state index is -0.482. The number of hydrogen-bond donors (Lipinski definition) is 3.